The van der Waals surface area contributed by atoms with Crippen LogP contribution in [0.25, 0.3) is 0 Å². The molecule has 1 aliphatic heterocycles. The average Bonchev–Trinajstić information content (AvgIpc) is 2.45. The van der Waals surface area contributed by atoms with Crippen molar-refractivity contribution >= 4 is 23.0 Å². The monoisotopic (exact) mass is 310 g/mol. The zero-order valence-electron chi connectivity index (χ0n) is 12.1. The fourth-order valence-corrected chi connectivity index (χ4v) is 3.95. The van der Waals surface area contributed by atoms with Gasteiger partial charge >= 0.3 is 0 Å². The summed E-state index contributed by atoms with van der Waals surface area (Å²) in [6.07, 6.45) is 2.53. The van der Waals surface area contributed by atoms with E-state index in [0.717, 1.165) is 25.1 Å². The number of hydrogen-bond donors (Lipinski definition) is 1. The number of halogens is 1. The first-order chi connectivity index (χ1) is 9.91. The van der Waals surface area contributed by atoms with Crippen molar-refractivity contribution in [3.8, 4) is 0 Å². The molecule has 6 heteroatoms. The predicted octanol–water partition coefficient (Wildman–Crippen LogP) is 3.86. The standard InChI is InChI=1S/C15H19ClN2O3/c1-15(2)13(10-4-3-7-21-14(10)15)17-12-6-5-9(18(19)20)8-11(12)16/h5-6,8,10,13-14,17H,3-4,7H2,1-2H3. The fraction of sp³-hybridized carbons (Fsp3) is 0.600. The number of ether oxygens (including phenoxy) is 1. The van der Waals surface area contributed by atoms with Crippen molar-refractivity contribution in [3.63, 3.8) is 0 Å². The van der Waals surface area contributed by atoms with E-state index in [4.69, 9.17) is 16.3 Å². The first-order valence-corrected chi connectivity index (χ1v) is 7.61. The largest absolute Gasteiger partial charge is 0.380 e. The lowest BCUT2D eigenvalue weighted by Gasteiger charge is -2.60. The molecule has 3 unspecified atom stereocenters. The molecule has 2 aliphatic rings. The maximum absolute atomic E-state index is 10.8. The summed E-state index contributed by atoms with van der Waals surface area (Å²) in [5.41, 5.74) is 0.803. The molecular weight excluding hydrogens is 292 g/mol. The molecule has 1 saturated carbocycles. The van der Waals surface area contributed by atoms with Crippen molar-refractivity contribution in [1.29, 1.82) is 0 Å². The van der Waals surface area contributed by atoms with E-state index in [1.54, 1.807) is 6.07 Å². The highest BCUT2D eigenvalue weighted by atomic mass is 35.5. The highest BCUT2D eigenvalue weighted by molar-refractivity contribution is 6.33. The van der Waals surface area contributed by atoms with Crippen LogP contribution in [-0.2, 0) is 4.74 Å². The first kappa shape index (κ1) is 14.6. The average molecular weight is 311 g/mol. The second-order valence-corrected chi connectivity index (χ2v) is 6.87. The highest BCUT2D eigenvalue weighted by Gasteiger charge is 2.57. The van der Waals surface area contributed by atoms with Crippen LogP contribution in [0.5, 0.6) is 0 Å². The molecule has 1 aliphatic carbocycles. The Morgan fingerprint density at radius 3 is 2.90 bits per heavy atom. The van der Waals surface area contributed by atoms with E-state index in [9.17, 15) is 10.1 Å². The summed E-state index contributed by atoms with van der Waals surface area (Å²) < 4.78 is 5.88. The van der Waals surface area contributed by atoms with Gasteiger partial charge in [-0.2, -0.15) is 0 Å². The number of hydrogen-bond acceptors (Lipinski definition) is 4. The summed E-state index contributed by atoms with van der Waals surface area (Å²) in [7, 11) is 0. The van der Waals surface area contributed by atoms with Gasteiger partial charge in [-0.3, -0.25) is 10.1 Å². The van der Waals surface area contributed by atoms with Crippen LogP contribution in [0.15, 0.2) is 18.2 Å². The Morgan fingerprint density at radius 2 is 2.24 bits per heavy atom. The molecule has 1 heterocycles. The van der Waals surface area contributed by atoms with E-state index in [2.05, 4.69) is 19.2 Å². The van der Waals surface area contributed by atoms with Crippen LogP contribution in [0.1, 0.15) is 26.7 Å². The Bertz CT molecular complexity index is 576. The molecule has 5 nitrogen and oxygen atoms in total. The number of nitrogens with zero attached hydrogens (tertiary/aromatic N) is 1. The van der Waals surface area contributed by atoms with Crippen molar-refractivity contribution in [2.45, 2.75) is 38.8 Å². The third-order valence-corrected chi connectivity index (χ3v) is 5.12. The molecule has 0 spiro atoms. The van der Waals surface area contributed by atoms with Crippen molar-refractivity contribution < 1.29 is 9.66 Å². The molecule has 0 aromatic heterocycles. The SMILES string of the molecule is CC1(C)C(Nc2ccc([N+](=O)[O-])cc2Cl)C2CCCOC21. The lowest BCUT2D eigenvalue weighted by molar-refractivity contribution is -0.384. The van der Waals surface area contributed by atoms with Crippen LogP contribution < -0.4 is 5.32 Å². The van der Waals surface area contributed by atoms with Crippen molar-refractivity contribution in [2.24, 2.45) is 11.3 Å². The predicted molar refractivity (Wildman–Crippen MR) is 81.8 cm³/mol. The molecule has 114 valence electrons. The summed E-state index contributed by atoms with van der Waals surface area (Å²) in [6.45, 7) is 5.22. The number of benzene rings is 1. The third kappa shape index (κ3) is 2.38. The molecule has 3 rings (SSSR count). The van der Waals surface area contributed by atoms with Gasteiger partial charge in [-0.25, -0.2) is 0 Å². The van der Waals surface area contributed by atoms with Crippen LogP contribution in [0.3, 0.4) is 0 Å². The van der Waals surface area contributed by atoms with Gasteiger partial charge in [0.1, 0.15) is 0 Å². The van der Waals surface area contributed by atoms with E-state index >= 15 is 0 Å². The summed E-state index contributed by atoms with van der Waals surface area (Å²) in [5, 5.41) is 14.6. The molecular formula is C15H19ClN2O3. The fourth-order valence-electron chi connectivity index (χ4n) is 3.72. The van der Waals surface area contributed by atoms with Crippen LogP contribution in [-0.4, -0.2) is 23.7 Å². The molecule has 1 aromatic rings. The minimum absolute atomic E-state index is 0.0114. The zero-order valence-corrected chi connectivity index (χ0v) is 12.9. The molecule has 2 fully saturated rings. The number of non-ortho nitro benzene ring substituents is 1. The number of nitro groups is 1. The first-order valence-electron chi connectivity index (χ1n) is 7.23. The molecule has 0 radical (unpaired) electrons. The normalized spacial score (nSPS) is 30.1. The molecule has 1 N–H and O–H groups in total. The Morgan fingerprint density at radius 1 is 1.48 bits per heavy atom. The van der Waals surface area contributed by atoms with Gasteiger partial charge in [-0.05, 0) is 18.9 Å². The van der Waals surface area contributed by atoms with Gasteiger partial charge in [0.25, 0.3) is 5.69 Å². The van der Waals surface area contributed by atoms with Crippen LogP contribution >= 0.6 is 11.6 Å². The van der Waals surface area contributed by atoms with Crippen molar-refractivity contribution in [3.05, 3.63) is 33.3 Å². The number of anilines is 1. The number of nitro benzene ring substituents is 1. The lowest BCUT2D eigenvalue weighted by atomic mass is 9.55. The number of rotatable bonds is 3. The van der Waals surface area contributed by atoms with E-state index in [1.165, 1.54) is 12.1 Å². The molecule has 21 heavy (non-hydrogen) atoms. The Kier molecular flexibility index (Phi) is 3.58. The van der Waals surface area contributed by atoms with E-state index in [-0.39, 0.29) is 17.1 Å². The second kappa shape index (κ2) is 5.14. The molecule has 0 amide bonds. The summed E-state index contributed by atoms with van der Waals surface area (Å²) in [5.74, 6) is 0.486. The van der Waals surface area contributed by atoms with Crippen LogP contribution in [0.2, 0.25) is 5.02 Å². The van der Waals surface area contributed by atoms with Gasteiger partial charge in [-0.1, -0.05) is 25.4 Å². The Labute approximate surface area is 128 Å². The summed E-state index contributed by atoms with van der Waals surface area (Å²) >= 11 is 6.17. The summed E-state index contributed by atoms with van der Waals surface area (Å²) in [4.78, 5) is 10.3. The van der Waals surface area contributed by atoms with Crippen molar-refractivity contribution in [2.75, 3.05) is 11.9 Å². The van der Waals surface area contributed by atoms with Crippen molar-refractivity contribution in [1.82, 2.24) is 0 Å². The van der Waals surface area contributed by atoms with Gasteiger partial charge in [0, 0.05) is 36.1 Å². The second-order valence-electron chi connectivity index (χ2n) is 6.46. The number of nitrogens with one attached hydrogen (secondary N) is 1. The van der Waals surface area contributed by atoms with Gasteiger partial charge in [0.15, 0.2) is 0 Å². The van der Waals surface area contributed by atoms with E-state index in [1.807, 2.05) is 0 Å². The maximum Gasteiger partial charge on any atom is 0.271 e. The van der Waals surface area contributed by atoms with Gasteiger partial charge in [0.05, 0.1) is 21.7 Å². The smallest absolute Gasteiger partial charge is 0.271 e. The lowest BCUT2D eigenvalue weighted by Crippen LogP contribution is -2.67. The van der Waals surface area contributed by atoms with Gasteiger partial charge in [0.2, 0.25) is 0 Å². The maximum atomic E-state index is 10.8. The third-order valence-electron chi connectivity index (χ3n) is 4.81. The van der Waals surface area contributed by atoms with Crippen LogP contribution in [0, 0.1) is 21.4 Å². The molecule has 3 atom stereocenters. The quantitative estimate of drug-likeness (QED) is 0.680. The number of fused-ring (bicyclic) bond motifs is 1. The zero-order chi connectivity index (χ0) is 15.2. The summed E-state index contributed by atoms with van der Waals surface area (Å²) in [6, 6.07) is 4.84. The van der Waals surface area contributed by atoms with E-state index < -0.39 is 4.92 Å². The van der Waals surface area contributed by atoms with Gasteiger partial charge in [-0.15, -0.1) is 0 Å². The topological polar surface area (TPSA) is 64.4 Å². The Hall–Kier alpha value is -1.33. The van der Waals surface area contributed by atoms with E-state index in [0.29, 0.717) is 17.0 Å². The molecule has 1 saturated heterocycles. The molecule has 0 bridgehead atoms. The van der Waals surface area contributed by atoms with Crippen LogP contribution in [0.4, 0.5) is 11.4 Å². The Balaban J connectivity index is 1.79. The molecule has 1 aromatic carbocycles. The minimum atomic E-state index is -0.437. The minimum Gasteiger partial charge on any atom is -0.380 e. The van der Waals surface area contributed by atoms with Gasteiger partial charge < -0.3 is 10.1 Å². The highest BCUT2D eigenvalue weighted by Crippen LogP contribution is 2.52.